The first-order valence-corrected chi connectivity index (χ1v) is 8.21. The first-order chi connectivity index (χ1) is 11.8. The molecule has 2 aromatic heterocycles. The number of carbonyl (C=O) groups excluding carboxylic acids is 1. The van der Waals surface area contributed by atoms with Gasteiger partial charge in [-0.3, -0.25) is 4.79 Å². The fraction of sp³-hybridized carbons (Fsp3) is 0.562. The maximum Gasteiger partial charge on any atom is 0.226 e. The molecule has 0 aliphatic carbocycles. The van der Waals surface area contributed by atoms with Crippen molar-refractivity contribution in [2.75, 3.05) is 17.7 Å². The number of anilines is 2. The van der Waals surface area contributed by atoms with Gasteiger partial charge in [0.2, 0.25) is 5.91 Å². The van der Waals surface area contributed by atoms with Crippen LogP contribution in [0.5, 0.6) is 0 Å². The van der Waals surface area contributed by atoms with Crippen LogP contribution in [0.4, 0.5) is 11.5 Å². The maximum absolute atomic E-state index is 12.1. The summed E-state index contributed by atoms with van der Waals surface area (Å²) < 4.78 is 7.50. The average molecular weight is 349 g/mol. The van der Waals surface area contributed by atoms with Gasteiger partial charge in [-0.1, -0.05) is 20.8 Å². The number of nitrogens with two attached hydrogens (primary N) is 1. The van der Waals surface area contributed by atoms with Crippen LogP contribution in [0.25, 0.3) is 11.0 Å². The molecule has 0 saturated carbocycles. The molecule has 3 rings (SSSR count). The molecule has 136 valence electrons. The molecule has 5 N–H and O–H groups in total. The van der Waals surface area contributed by atoms with Gasteiger partial charge in [0.1, 0.15) is 30.1 Å². The smallest absolute Gasteiger partial charge is 0.226 e. The Balaban J connectivity index is 2.08. The zero-order chi connectivity index (χ0) is 18.3. The third kappa shape index (κ3) is 2.94. The molecule has 3 heterocycles. The van der Waals surface area contributed by atoms with E-state index in [1.807, 2.05) is 6.92 Å². The van der Waals surface area contributed by atoms with E-state index >= 15 is 0 Å². The molecular formula is C16H23N5O4. The van der Waals surface area contributed by atoms with Crippen molar-refractivity contribution in [3.8, 4) is 0 Å². The summed E-state index contributed by atoms with van der Waals surface area (Å²) in [5.74, 6) is -0.396. The molecular weight excluding hydrogens is 326 g/mol. The van der Waals surface area contributed by atoms with Gasteiger partial charge in [-0.05, 0) is 0 Å². The first-order valence-electron chi connectivity index (χ1n) is 8.21. The average Bonchev–Trinajstić information content (AvgIpc) is 3.07. The number of hydrogen-bond acceptors (Lipinski definition) is 7. The Bertz CT molecular complexity index is 790. The van der Waals surface area contributed by atoms with Gasteiger partial charge in [0.25, 0.3) is 0 Å². The Kier molecular flexibility index (Phi) is 4.63. The van der Waals surface area contributed by atoms with Crippen LogP contribution in [0.2, 0.25) is 0 Å². The molecule has 0 aromatic carbocycles. The predicted octanol–water partition coefficient (Wildman–Crippen LogP) is 0.495. The molecule has 9 nitrogen and oxygen atoms in total. The van der Waals surface area contributed by atoms with Crippen molar-refractivity contribution in [3.05, 3.63) is 12.5 Å². The SMILES string of the molecule is CC(C)C(=O)Nc1cn(C2OC(CO)C(O)C2C)c2ncnc(N)c12. The van der Waals surface area contributed by atoms with E-state index < -0.39 is 18.4 Å². The van der Waals surface area contributed by atoms with Gasteiger partial charge >= 0.3 is 0 Å². The van der Waals surface area contributed by atoms with E-state index in [1.165, 1.54) is 6.33 Å². The molecule has 25 heavy (non-hydrogen) atoms. The number of ether oxygens (including phenoxy) is 1. The van der Waals surface area contributed by atoms with E-state index in [0.717, 1.165) is 0 Å². The quantitative estimate of drug-likeness (QED) is 0.631. The van der Waals surface area contributed by atoms with Crippen LogP contribution < -0.4 is 11.1 Å². The summed E-state index contributed by atoms with van der Waals surface area (Å²) in [4.78, 5) is 20.4. The molecule has 0 radical (unpaired) electrons. The minimum absolute atomic E-state index is 0.157. The van der Waals surface area contributed by atoms with Gasteiger partial charge in [-0.15, -0.1) is 0 Å². The van der Waals surface area contributed by atoms with Gasteiger partial charge in [0, 0.05) is 18.0 Å². The normalized spacial score (nSPS) is 26.5. The number of amides is 1. The Morgan fingerprint density at radius 1 is 1.48 bits per heavy atom. The zero-order valence-electron chi connectivity index (χ0n) is 14.4. The zero-order valence-corrected chi connectivity index (χ0v) is 14.4. The number of nitrogens with zero attached hydrogens (tertiary/aromatic N) is 3. The van der Waals surface area contributed by atoms with Crippen LogP contribution in [0.1, 0.15) is 27.0 Å². The standard InChI is InChI=1S/C16H23N5O4/c1-7(2)15(24)20-9-4-21(14-11(9)13(17)18-6-19-14)16-8(3)12(23)10(5-22)25-16/h4,6-8,10,12,16,22-23H,5H2,1-3H3,(H,20,24)(H2,17,18,19). The number of carbonyl (C=O) groups is 1. The predicted molar refractivity (Wildman–Crippen MR) is 91.6 cm³/mol. The lowest BCUT2D eigenvalue weighted by Gasteiger charge is -2.18. The molecule has 1 fully saturated rings. The van der Waals surface area contributed by atoms with Crippen molar-refractivity contribution >= 4 is 28.4 Å². The highest BCUT2D eigenvalue weighted by Gasteiger charge is 2.42. The monoisotopic (exact) mass is 349 g/mol. The highest BCUT2D eigenvalue weighted by Crippen LogP contribution is 2.39. The van der Waals surface area contributed by atoms with Gasteiger partial charge in [0.05, 0.1) is 23.8 Å². The first kappa shape index (κ1) is 17.6. The van der Waals surface area contributed by atoms with E-state index in [2.05, 4.69) is 15.3 Å². The molecule has 4 atom stereocenters. The van der Waals surface area contributed by atoms with Crippen molar-refractivity contribution in [3.63, 3.8) is 0 Å². The molecule has 0 spiro atoms. The minimum Gasteiger partial charge on any atom is -0.394 e. The van der Waals surface area contributed by atoms with Gasteiger partial charge in [-0.2, -0.15) is 0 Å². The fourth-order valence-electron chi connectivity index (χ4n) is 3.03. The largest absolute Gasteiger partial charge is 0.394 e. The van der Waals surface area contributed by atoms with Crippen molar-refractivity contribution < 1.29 is 19.7 Å². The van der Waals surface area contributed by atoms with E-state index in [9.17, 15) is 15.0 Å². The van der Waals surface area contributed by atoms with Crippen LogP contribution in [0.3, 0.4) is 0 Å². The van der Waals surface area contributed by atoms with Crippen molar-refractivity contribution in [1.82, 2.24) is 14.5 Å². The number of fused-ring (bicyclic) bond motifs is 1. The molecule has 2 aromatic rings. The molecule has 0 bridgehead atoms. The third-order valence-corrected chi connectivity index (χ3v) is 4.56. The number of rotatable bonds is 4. The Hall–Kier alpha value is -2.23. The van der Waals surface area contributed by atoms with Gasteiger partial charge in [0.15, 0.2) is 0 Å². The summed E-state index contributed by atoms with van der Waals surface area (Å²) >= 11 is 0. The molecule has 4 unspecified atom stereocenters. The van der Waals surface area contributed by atoms with E-state index in [1.54, 1.807) is 24.6 Å². The summed E-state index contributed by atoms with van der Waals surface area (Å²) in [7, 11) is 0. The van der Waals surface area contributed by atoms with Crippen LogP contribution in [-0.4, -0.2) is 49.5 Å². The van der Waals surface area contributed by atoms with Crippen molar-refractivity contribution in [2.45, 2.75) is 39.2 Å². The second-order valence-electron chi connectivity index (χ2n) is 6.65. The number of aliphatic hydroxyl groups excluding tert-OH is 2. The highest BCUT2D eigenvalue weighted by atomic mass is 16.5. The van der Waals surface area contributed by atoms with E-state index in [4.69, 9.17) is 10.5 Å². The molecule has 1 amide bonds. The summed E-state index contributed by atoms with van der Waals surface area (Å²) in [5.41, 5.74) is 6.98. The minimum atomic E-state index is -0.805. The van der Waals surface area contributed by atoms with Crippen LogP contribution >= 0.6 is 0 Å². The number of nitrogen functional groups attached to an aromatic ring is 1. The number of aromatic nitrogens is 3. The van der Waals surface area contributed by atoms with E-state index in [-0.39, 0.29) is 30.2 Å². The number of nitrogens with one attached hydrogen (secondary N) is 1. The molecule has 1 aliphatic heterocycles. The summed E-state index contributed by atoms with van der Waals surface area (Å²) in [6, 6.07) is 0. The van der Waals surface area contributed by atoms with E-state index in [0.29, 0.717) is 16.7 Å². The summed E-state index contributed by atoms with van der Waals surface area (Å²) in [5, 5.41) is 22.9. The fourth-order valence-corrected chi connectivity index (χ4v) is 3.03. The lowest BCUT2D eigenvalue weighted by Crippen LogP contribution is -2.28. The lowest BCUT2D eigenvalue weighted by atomic mass is 10.0. The third-order valence-electron chi connectivity index (χ3n) is 4.56. The second kappa shape index (κ2) is 6.58. The summed E-state index contributed by atoms with van der Waals surface area (Å²) in [6.45, 7) is 5.13. The van der Waals surface area contributed by atoms with Crippen LogP contribution in [0, 0.1) is 11.8 Å². The highest BCUT2D eigenvalue weighted by molar-refractivity contribution is 6.05. The van der Waals surface area contributed by atoms with Gasteiger partial charge < -0.3 is 30.6 Å². The molecule has 1 aliphatic rings. The van der Waals surface area contributed by atoms with Gasteiger partial charge in [-0.25, -0.2) is 9.97 Å². The maximum atomic E-state index is 12.1. The second-order valence-corrected chi connectivity index (χ2v) is 6.65. The van der Waals surface area contributed by atoms with Crippen LogP contribution in [0.15, 0.2) is 12.5 Å². The van der Waals surface area contributed by atoms with Crippen molar-refractivity contribution in [2.24, 2.45) is 11.8 Å². The Labute approximate surface area is 144 Å². The Morgan fingerprint density at radius 2 is 2.20 bits per heavy atom. The van der Waals surface area contributed by atoms with Crippen molar-refractivity contribution in [1.29, 1.82) is 0 Å². The Morgan fingerprint density at radius 3 is 2.80 bits per heavy atom. The van der Waals surface area contributed by atoms with Crippen LogP contribution in [-0.2, 0) is 9.53 Å². The molecule has 1 saturated heterocycles. The summed E-state index contributed by atoms with van der Waals surface area (Å²) in [6.07, 6.45) is 0.991. The number of aliphatic hydroxyl groups is 2. The number of hydrogen-bond donors (Lipinski definition) is 4. The topological polar surface area (TPSA) is 136 Å². The lowest BCUT2D eigenvalue weighted by molar-refractivity contribution is -0.118. The molecule has 9 heteroatoms.